The Labute approximate surface area is 95.2 Å². The summed E-state index contributed by atoms with van der Waals surface area (Å²) >= 11 is 0. The predicted molar refractivity (Wildman–Crippen MR) is 60.0 cm³/mol. The van der Waals surface area contributed by atoms with Crippen molar-refractivity contribution < 1.29 is 4.79 Å². The number of primary amides is 1. The molecular formula is C11H17N4O. The fourth-order valence-corrected chi connectivity index (χ4v) is 2.45. The van der Waals surface area contributed by atoms with E-state index in [-0.39, 0.29) is 5.54 Å². The lowest BCUT2D eigenvalue weighted by molar-refractivity contribution is 0.0844. The van der Waals surface area contributed by atoms with E-state index in [1.165, 1.54) is 6.42 Å². The van der Waals surface area contributed by atoms with Crippen LogP contribution in [-0.2, 0) is 5.54 Å². The molecule has 1 aliphatic rings. The van der Waals surface area contributed by atoms with Crippen molar-refractivity contribution >= 4 is 5.91 Å². The number of carbonyl (C=O) groups excluding carboxylic acids is 1. The van der Waals surface area contributed by atoms with Crippen molar-refractivity contribution in [1.82, 2.24) is 14.5 Å². The number of amides is 1. The Morgan fingerprint density at radius 1 is 1.69 bits per heavy atom. The molecule has 1 aromatic heterocycles. The highest BCUT2D eigenvalue weighted by Gasteiger charge is 2.40. The van der Waals surface area contributed by atoms with Crippen molar-refractivity contribution in [3.63, 3.8) is 0 Å². The minimum Gasteiger partial charge on any atom is -0.363 e. The standard InChI is InChI=1S/C11H17N4O/c1-14(2)8-11(4-3-5-11)15-7-6-13-10(15)9(12)16/h7H,3-5,8H2,1-2H3,(H2,12,16). The second-order valence-electron chi connectivity index (χ2n) is 4.74. The number of carbonyl (C=O) groups is 1. The van der Waals surface area contributed by atoms with E-state index in [9.17, 15) is 4.79 Å². The highest BCUT2D eigenvalue weighted by molar-refractivity contribution is 5.89. The Morgan fingerprint density at radius 2 is 2.38 bits per heavy atom. The minimum atomic E-state index is -0.480. The molecule has 0 saturated heterocycles. The minimum absolute atomic E-state index is 0.0130. The summed E-state index contributed by atoms with van der Waals surface area (Å²) in [6.45, 7) is 0.900. The second kappa shape index (κ2) is 3.90. The highest BCUT2D eigenvalue weighted by Crippen LogP contribution is 2.40. The van der Waals surface area contributed by atoms with Crippen molar-refractivity contribution in [2.45, 2.75) is 24.8 Å². The van der Waals surface area contributed by atoms with Crippen molar-refractivity contribution in [3.05, 3.63) is 18.2 Å². The van der Waals surface area contributed by atoms with Crippen molar-refractivity contribution in [2.24, 2.45) is 5.73 Å². The van der Waals surface area contributed by atoms with Gasteiger partial charge in [0.2, 0.25) is 0 Å². The number of likely N-dealkylation sites (N-methyl/N-ethyl adjacent to an activating group) is 1. The van der Waals surface area contributed by atoms with Gasteiger partial charge < -0.3 is 15.2 Å². The second-order valence-corrected chi connectivity index (χ2v) is 4.74. The quantitative estimate of drug-likeness (QED) is 0.791. The van der Waals surface area contributed by atoms with Gasteiger partial charge in [-0.05, 0) is 33.4 Å². The molecular weight excluding hydrogens is 204 g/mol. The van der Waals surface area contributed by atoms with Gasteiger partial charge >= 0.3 is 0 Å². The molecule has 1 aromatic rings. The molecule has 1 fully saturated rings. The number of aromatic nitrogens is 2. The molecule has 0 aliphatic heterocycles. The lowest BCUT2D eigenvalue weighted by atomic mass is 9.76. The van der Waals surface area contributed by atoms with Crippen LogP contribution in [0.2, 0.25) is 0 Å². The van der Waals surface area contributed by atoms with Gasteiger partial charge in [0.1, 0.15) is 6.20 Å². The predicted octanol–water partition coefficient (Wildman–Crippen LogP) is 0.223. The maximum absolute atomic E-state index is 11.3. The largest absolute Gasteiger partial charge is 0.363 e. The molecule has 1 heterocycles. The first kappa shape index (κ1) is 11.1. The maximum Gasteiger partial charge on any atom is 0.284 e. The van der Waals surface area contributed by atoms with Crippen molar-refractivity contribution in [2.75, 3.05) is 20.6 Å². The molecule has 1 aliphatic carbocycles. The average Bonchev–Trinajstić information content (AvgIpc) is 2.59. The summed E-state index contributed by atoms with van der Waals surface area (Å²) in [5.74, 6) is -0.159. The van der Waals surface area contributed by atoms with Gasteiger partial charge in [0, 0.05) is 12.7 Å². The molecule has 5 heteroatoms. The van der Waals surface area contributed by atoms with Gasteiger partial charge in [-0.2, -0.15) is 0 Å². The van der Waals surface area contributed by atoms with Gasteiger partial charge in [-0.25, -0.2) is 4.98 Å². The molecule has 2 N–H and O–H groups in total. The summed E-state index contributed by atoms with van der Waals surface area (Å²) in [5, 5.41) is 0. The zero-order valence-corrected chi connectivity index (χ0v) is 9.73. The van der Waals surface area contributed by atoms with Crippen molar-refractivity contribution in [1.29, 1.82) is 0 Å². The zero-order valence-electron chi connectivity index (χ0n) is 9.73. The summed E-state index contributed by atoms with van der Waals surface area (Å²) in [6, 6.07) is 0. The first-order valence-electron chi connectivity index (χ1n) is 5.46. The van der Waals surface area contributed by atoms with E-state index < -0.39 is 5.91 Å². The van der Waals surface area contributed by atoms with E-state index in [4.69, 9.17) is 5.73 Å². The highest BCUT2D eigenvalue weighted by atomic mass is 16.1. The van der Waals surface area contributed by atoms with E-state index in [2.05, 4.69) is 16.1 Å². The van der Waals surface area contributed by atoms with Gasteiger partial charge in [-0.3, -0.25) is 4.79 Å². The number of imidazole rings is 1. The van der Waals surface area contributed by atoms with Gasteiger partial charge in [-0.15, -0.1) is 0 Å². The molecule has 87 valence electrons. The third kappa shape index (κ3) is 1.71. The topological polar surface area (TPSA) is 64.2 Å². The lowest BCUT2D eigenvalue weighted by Gasteiger charge is -2.45. The van der Waals surface area contributed by atoms with Gasteiger partial charge in [0.25, 0.3) is 5.91 Å². The van der Waals surface area contributed by atoms with Gasteiger partial charge in [0.05, 0.1) is 5.54 Å². The first-order chi connectivity index (χ1) is 7.55. The van der Waals surface area contributed by atoms with E-state index >= 15 is 0 Å². The summed E-state index contributed by atoms with van der Waals surface area (Å²) < 4.78 is 1.90. The normalized spacial score (nSPS) is 18.4. The molecule has 16 heavy (non-hydrogen) atoms. The molecule has 0 aromatic carbocycles. The molecule has 0 atom stereocenters. The van der Waals surface area contributed by atoms with E-state index in [1.54, 1.807) is 6.20 Å². The smallest absolute Gasteiger partial charge is 0.284 e. The molecule has 1 amide bonds. The van der Waals surface area contributed by atoms with Crippen LogP contribution in [0.3, 0.4) is 0 Å². The number of hydrogen-bond donors (Lipinski definition) is 1. The number of nitrogens with zero attached hydrogens (tertiary/aromatic N) is 3. The van der Waals surface area contributed by atoms with E-state index in [0.717, 1.165) is 19.4 Å². The fourth-order valence-electron chi connectivity index (χ4n) is 2.45. The van der Waals surface area contributed by atoms with Crippen LogP contribution in [0.15, 0.2) is 6.20 Å². The van der Waals surface area contributed by atoms with Gasteiger partial charge in [0.15, 0.2) is 5.82 Å². The van der Waals surface area contributed by atoms with Crippen LogP contribution in [0, 0.1) is 6.20 Å². The Hall–Kier alpha value is -1.36. The van der Waals surface area contributed by atoms with Gasteiger partial charge in [-0.1, -0.05) is 0 Å². The third-order valence-corrected chi connectivity index (χ3v) is 3.21. The van der Waals surface area contributed by atoms with Crippen LogP contribution in [0.1, 0.15) is 29.9 Å². The van der Waals surface area contributed by atoms with Crippen LogP contribution in [-0.4, -0.2) is 41.0 Å². The van der Waals surface area contributed by atoms with E-state index in [0.29, 0.717) is 5.82 Å². The summed E-state index contributed by atoms with van der Waals surface area (Å²) in [7, 11) is 4.06. The van der Waals surface area contributed by atoms with Crippen LogP contribution in [0.25, 0.3) is 0 Å². The summed E-state index contributed by atoms with van der Waals surface area (Å²) in [5.41, 5.74) is 5.30. The van der Waals surface area contributed by atoms with Crippen LogP contribution >= 0.6 is 0 Å². The molecule has 0 unspecified atom stereocenters. The molecule has 2 rings (SSSR count). The van der Waals surface area contributed by atoms with Crippen molar-refractivity contribution in [3.8, 4) is 0 Å². The Bertz CT molecular complexity index is 392. The Morgan fingerprint density at radius 3 is 2.81 bits per heavy atom. The molecule has 0 bridgehead atoms. The molecule has 1 saturated carbocycles. The fraction of sp³-hybridized carbons (Fsp3) is 0.636. The van der Waals surface area contributed by atoms with E-state index in [1.807, 2.05) is 18.7 Å². The van der Waals surface area contributed by atoms with Crippen LogP contribution < -0.4 is 5.73 Å². The molecule has 0 spiro atoms. The maximum atomic E-state index is 11.3. The first-order valence-corrected chi connectivity index (χ1v) is 5.46. The van der Waals surface area contributed by atoms with Crippen LogP contribution in [0.5, 0.6) is 0 Å². The monoisotopic (exact) mass is 221 g/mol. The number of rotatable bonds is 4. The SMILES string of the molecule is CN(C)CC1(n2c[c]nc2C(N)=O)CCC1. The lowest BCUT2D eigenvalue weighted by Crippen LogP contribution is -2.49. The number of nitrogens with two attached hydrogens (primary N) is 1. The van der Waals surface area contributed by atoms with Crippen LogP contribution in [0.4, 0.5) is 0 Å². The zero-order chi connectivity index (χ0) is 11.8. The average molecular weight is 221 g/mol. The number of hydrogen-bond acceptors (Lipinski definition) is 3. The Balaban J connectivity index is 2.33. The molecule has 1 radical (unpaired) electrons. The summed E-state index contributed by atoms with van der Waals surface area (Å²) in [4.78, 5) is 17.3. The molecule has 5 nitrogen and oxygen atoms in total. The Kier molecular flexibility index (Phi) is 2.71. The summed E-state index contributed by atoms with van der Waals surface area (Å²) in [6.07, 6.45) is 7.77. The third-order valence-electron chi connectivity index (χ3n) is 3.21.